The van der Waals surface area contributed by atoms with E-state index in [1.165, 1.54) is 5.56 Å². The van der Waals surface area contributed by atoms with Crippen LogP contribution in [0.1, 0.15) is 17.0 Å². The van der Waals surface area contributed by atoms with Crippen LogP contribution < -0.4 is 4.74 Å². The molecule has 0 radical (unpaired) electrons. The molecule has 23 heavy (non-hydrogen) atoms. The van der Waals surface area contributed by atoms with Crippen molar-refractivity contribution in [2.75, 3.05) is 14.2 Å². The number of hydrogen-bond acceptors (Lipinski definition) is 5. The predicted molar refractivity (Wildman–Crippen MR) is 90.2 cm³/mol. The molecular weight excluding hydrogens is 288 g/mol. The van der Waals surface area contributed by atoms with E-state index in [0.29, 0.717) is 0 Å². The van der Waals surface area contributed by atoms with Crippen LogP contribution in [0.3, 0.4) is 0 Å². The highest BCUT2D eigenvalue weighted by atomic mass is 16.5. The van der Waals surface area contributed by atoms with Crippen LogP contribution >= 0.6 is 0 Å². The number of rotatable bonds is 5. The van der Waals surface area contributed by atoms with E-state index in [4.69, 9.17) is 4.74 Å². The lowest BCUT2D eigenvalue weighted by Crippen LogP contribution is -2.18. The number of methoxy groups -OCH3 is 1. The Morgan fingerprint density at radius 2 is 1.91 bits per heavy atom. The number of benzene rings is 1. The average molecular weight is 308 g/mol. The summed E-state index contributed by atoms with van der Waals surface area (Å²) in [5.74, 6) is 0.802. The van der Waals surface area contributed by atoms with Gasteiger partial charge in [0.15, 0.2) is 0 Å². The third-order valence-corrected chi connectivity index (χ3v) is 3.75. The third-order valence-electron chi connectivity index (χ3n) is 3.75. The molecule has 118 valence electrons. The van der Waals surface area contributed by atoms with Gasteiger partial charge < -0.3 is 4.74 Å². The van der Waals surface area contributed by atoms with Crippen molar-refractivity contribution in [3.63, 3.8) is 0 Å². The molecule has 0 saturated heterocycles. The van der Waals surface area contributed by atoms with E-state index in [2.05, 4.69) is 39.0 Å². The van der Waals surface area contributed by atoms with Gasteiger partial charge in [-0.15, -0.1) is 0 Å². The van der Waals surface area contributed by atoms with E-state index < -0.39 is 0 Å². The largest absolute Gasteiger partial charge is 0.494 e. The molecule has 0 N–H and O–H groups in total. The summed E-state index contributed by atoms with van der Waals surface area (Å²) in [5.41, 5.74) is 4.02. The van der Waals surface area contributed by atoms with Crippen LogP contribution in [-0.4, -0.2) is 34.0 Å². The highest BCUT2D eigenvalue weighted by Crippen LogP contribution is 2.27. The minimum Gasteiger partial charge on any atom is -0.494 e. The minimum absolute atomic E-state index is 0.751. The van der Waals surface area contributed by atoms with E-state index in [1.807, 2.05) is 25.3 Å². The Balaban J connectivity index is 1.82. The van der Waals surface area contributed by atoms with E-state index in [9.17, 15) is 0 Å². The maximum absolute atomic E-state index is 5.40. The van der Waals surface area contributed by atoms with Gasteiger partial charge in [0.25, 0.3) is 0 Å². The number of ether oxygens (including phenoxy) is 1. The van der Waals surface area contributed by atoms with Crippen LogP contribution in [0.25, 0.3) is 10.9 Å². The Morgan fingerprint density at radius 3 is 2.65 bits per heavy atom. The Kier molecular flexibility index (Phi) is 4.48. The second kappa shape index (κ2) is 6.71. The van der Waals surface area contributed by atoms with Crippen molar-refractivity contribution in [3.05, 3.63) is 59.8 Å². The van der Waals surface area contributed by atoms with Crippen LogP contribution in [-0.2, 0) is 13.1 Å². The maximum Gasteiger partial charge on any atom is 0.145 e. The summed E-state index contributed by atoms with van der Waals surface area (Å²) in [7, 11) is 3.75. The van der Waals surface area contributed by atoms with Gasteiger partial charge >= 0.3 is 0 Å². The lowest BCUT2D eigenvalue weighted by atomic mass is 10.1. The fourth-order valence-electron chi connectivity index (χ4n) is 2.63. The van der Waals surface area contributed by atoms with Crippen molar-refractivity contribution in [1.82, 2.24) is 19.9 Å². The molecule has 0 spiro atoms. The molecule has 0 unspecified atom stereocenters. The van der Waals surface area contributed by atoms with Gasteiger partial charge in [-0.1, -0.05) is 12.1 Å². The van der Waals surface area contributed by atoms with Crippen molar-refractivity contribution in [3.8, 4) is 5.75 Å². The Bertz CT molecular complexity index is 802. The summed E-state index contributed by atoms with van der Waals surface area (Å²) < 4.78 is 5.40. The van der Waals surface area contributed by atoms with Gasteiger partial charge in [-0.3, -0.25) is 19.9 Å². The molecule has 3 rings (SSSR count). The van der Waals surface area contributed by atoms with Crippen molar-refractivity contribution in [2.45, 2.75) is 20.0 Å². The molecule has 1 aromatic carbocycles. The maximum atomic E-state index is 5.40. The van der Waals surface area contributed by atoms with Gasteiger partial charge in [0.1, 0.15) is 11.3 Å². The highest BCUT2D eigenvalue weighted by Gasteiger charge is 2.10. The van der Waals surface area contributed by atoms with Crippen LogP contribution in [0.15, 0.2) is 42.9 Å². The molecule has 0 aliphatic rings. The number of aryl methyl sites for hydroxylation is 1. The smallest absolute Gasteiger partial charge is 0.145 e. The molecule has 0 atom stereocenters. The summed E-state index contributed by atoms with van der Waals surface area (Å²) in [6.07, 6.45) is 5.43. The molecule has 0 amide bonds. The zero-order valence-electron chi connectivity index (χ0n) is 13.7. The SMILES string of the molecule is COc1ccc(CN(C)Cc2cnc(C)cn2)c2cccnc12. The quantitative estimate of drug-likeness (QED) is 0.725. The second-order valence-electron chi connectivity index (χ2n) is 5.65. The standard InChI is InChI=1S/C18H20N4O/c1-13-9-21-15(10-20-13)12-22(2)11-14-6-7-17(23-3)18-16(14)5-4-8-19-18/h4-10H,11-12H2,1-3H3. The first-order chi connectivity index (χ1) is 11.2. The molecular formula is C18H20N4O. The average Bonchev–Trinajstić information content (AvgIpc) is 2.57. The molecule has 0 aliphatic heterocycles. The van der Waals surface area contributed by atoms with E-state index in [-0.39, 0.29) is 0 Å². The van der Waals surface area contributed by atoms with Gasteiger partial charge in [-0.2, -0.15) is 0 Å². The van der Waals surface area contributed by atoms with Crippen LogP contribution in [0.2, 0.25) is 0 Å². The Morgan fingerprint density at radius 1 is 1.04 bits per heavy atom. The highest BCUT2D eigenvalue weighted by molar-refractivity contribution is 5.87. The molecule has 0 fully saturated rings. The first-order valence-corrected chi connectivity index (χ1v) is 7.54. The number of nitrogens with zero attached hydrogens (tertiary/aromatic N) is 4. The molecule has 2 heterocycles. The molecule has 2 aromatic heterocycles. The fraction of sp³-hybridized carbons (Fsp3) is 0.278. The molecule has 5 nitrogen and oxygen atoms in total. The topological polar surface area (TPSA) is 51.1 Å². The van der Waals surface area contributed by atoms with Crippen LogP contribution in [0.5, 0.6) is 5.75 Å². The lowest BCUT2D eigenvalue weighted by Gasteiger charge is -2.18. The van der Waals surface area contributed by atoms with E-state index in [0.717, 1.165) is 41.1 Å². The molecule has 0 bridgehead atoms. The van der Waals surface area contributed by atoms with Crippen LogP contribution in [0.4, 0.5) is 0 Å². The van der Waals surface area contributed by atoms with Crippen molar-refractivity contribution < 1.29 is 4.74 Å². The van der Waals surface area contributed by atoms with Gasteiger partial charge in [0.2, 0.25) is 0 Å². The summed E-state index contributed by atoms with van der Waals surface area (Å²) >= 11 is 0. The molecule has 0 saturated carbocycles. The van der Waals surface area contributed by atoms with Gasteiger partial charge in [-0.05, 0) is 31.7 Å². The van der Waals surface area contributed by atoms with Gasteiger partial charge in [-0.25, -0.2) is 0 Å². The Labute approximate surface area is 136 Å². The molecule has 3 aromatic rings. The zero-order valence-corrected chi connectivity index (χ0v) is 13.7. The zero-order chi connectivity index (χ0) is 16.2. The number of pyridine rings is 1. The number of aromatic nitrogens is 3. The monoisotopic (exact) mass is 308 g/mol. The van der Waals surface area contributed by atoms with Crippen molar-refractivity contribution in [1.29, 1.82) is 0 Å². The molecule has 0 aliphatic carbocycles. The second-order valence-corrected chi connectivity index (χ2v) is 5.65. The van der Waals surface area contributed by atoms with E-state index in [1.54, 1.807) is 19.5 Å². The van der Waals surface area contributed by atoms with Crippen LogP contribution in [0, 0.1) is 6.92 Å². The summed E-state index contributed by atoms with van der Waals surface area (Å²) in [5, 5.41) is 1.12. The first-order valence-electron chi connectivity index (χ1n) is 7.54. The summed E-state index contributed by atoms with van der Waals surface area (Å²) in [6, 6.07) is 8.11. The Hall–Kier alpha value is -2.53. The number of hydrogen-bond donors (Lipinski definition) is 0. The van der Waals surface area contributed by atoms with Gasteiger partial charge in [0, 0.05) is 37.1 Å². The predicted octanol–water partition coefficient (Wildman–Crippen LogP) is 2.97. The van der Waals surface area contributed by atoms with Crippen molar-refractivity contribution in [2.24, 2.45) is 0 Å². The van der Waals surface area contributed by atoms with Gasteiger partial charge in [0.05, 0.1) is 18.5 Å². The summed E-state index contributed by atoms with van der Waals surface area (Å²) in [4.78, 5) is 15.4. The van der Waals surface area contributed by atoms with Crippen molar-refractivity contribution >= 4 is 10.9 Å². The lowest BCUT2D eigenvalue weighted by molar-refractivity contribution is 0.315. The molecule has 5 heteroatoms. The van der Waals surface area contributed by atoms with E-state index >= 15 is 0 Å². The summed E-state index contributed by atoms with van der Waals surface area (Å²) in [6.45, 7) is 3.50. The number of fused-ring (bicyclic) bond motifs is 1. The third kappa shape index (κ3) is 3.46. The first kappa shape index (κ1) is 15.4. The normalized spacial score (nSPS) is 11.1. The minimum atomic E-state index is 0.751. The fourth-order valence-corrected chi connectivity index (χ4v) is 2.63.